The van der Waals surface area contributed by atoms with Crippen LogP contribution in [0.3, 0.4) is 0 Å². The molecule has 0 bridgehead atoms. The van der Waals surface area contributed by atoms with Crippen LogP contribution in [0.15, 0.2) is 0 Å². The topological polar surface area (TPSA) is 237 Å². The second kappa shape index (κ2) is 64.1. The summed E-state index contributed by atoms with van der Waals surface area (Å²) < 4.78 is 68.4. The molecule has 0 fully saturated rings. The fraction of sp³-hybridized carbons (Fsp3) is 0.944. The molecule has 0 spiro atoms. The number of ether oxygens (including phenoxy) is 4. The third-order valence-corrected chi connectivity index (χ3v) is 18.6. The normalized spacial score (nSPS) is 14.1. The Morgan fingerprint density at radius 3 is 0.747 bits per heavy atom. The molecule has 0 aliphatic heterocycles. The Bertz CT molecular complexity index is 1770. The number of hydrogen-bond acceptors (Lipinski definition) is 15. The zero-order valence-corrected chi connectivity index (χ0v) is 60.9. The highest BCUT2D eigenvalue weighted by Crippen LogP contribution is 2.45. The maximum Gasteiger partial charge on any atom is 0.472 e. The van der Waals surface area contributed by atoms with Crippen molar-refractivity contribution < 1.29 is 80.2 Å². The van der Waals surface area contributed by atoms with Crippen molar-refractivity contribution in [1.29, 1.82) is 0 Å². The minimum Gasteiger partial charge on any atom is -0.462 e. The lowest BCUT2D eigenvalue weighted by atomic mass is 10.0. The summed E-state index contributed by atoms with van der Waals surface area (Å²) in [7, 11) is -9.90. The Hall–Kier alpha value is -1.94. The Morgan fingerprint density at radius 1 is 0.297 bits per heavy atom. The van der Waals surface area contributed by atoms with E-state index >= 15 is 0 Å². The molecule has 0 saturated heterocycles. The maximum atomic E-state index is 13.0. The van der Waals surface area contributed by atoms with Crippen LogP contribution in [0, 0.1) is 11.8 Å². The van der Waals surface area contributed by atoms with Crippen molar-refractivity contribution in [2.75, 3.05) is 39.6 Å². The van der Waals surface area contributed by atoms with E-state index in [0.29, 0.717) is 25.7 Å². The second-order valence-corrected chi connectivity index (χ2v) is 29.8. The predicted molar refractivity (Wildman–Crippen MR) is 368 cm³/mol. The number of unbranched alkanes of at least 4 members (excludes halogenated alkanes) is 41. The van der Waals surface area contributed by atoms with E-state index in [9.17, 15) is 43.2 Å². The summed E-state index contributed by atoms with van der Waals surface area (Å²) in [5.74, 6) is -0.595. The van der Waals surface area contributed by atoms with Gasteiger partial charge in [-0.2, -0.15) is 0 Å². The van der Waals surface area contributed by atoms with Gasteiger partial charge in [0.05, 0.1) is 26.4 Å². The molecule has 2 unspecified atom stereocenters. The number of aliphatic hydroxyl groups is 1. The largest absolute Gasteiger partial charge is 0.472 e. The molecule has 0 saturated carbocycles. The van der Waals surface area contributed by atoms with Crippen LogP contribution in [0.1, 0.15) is 369 Å². The Morgan fingerprint density at radius 2 is 0.505 bits per heavy atom. The number of phosphoric acid groups is 2. The third-order valence-electron chi connectivity index (χ3n) is 16.7. The van der Waals surface area contributed by atoms with Crippen molar-refractivity contribution in [2.24, 2.45) is 11.8 Å². The average Bonchev–Trinajstić information content (AvgIpc) is 3.36. The van der Waals surface area contributed by atoms with Gasteiger partial charge in [-0.15, -0.1) is 0 Å². The van der Waals surface area contributed by atoms with Gasteiger partial charge < -0.3 is 33.8 Å². The van der Waals surface area contributed by atoms with E-state index in [1.165, 1.54) is 186 Å². The van der Waals surface area contributed by atoms with E-state index in [-0.39, 0.29) is 25.7 Å². The van der Waals surface area contributed by atoms with Gasteiger partial charge in [0, 0.05) is 25.7 Å². The first kappa shape index (κ1) is 89.1. The zero-order valence-electron chi connectivity index (χ0n) is 59.1. The lowest BCUT2D eigenvalue weighted by Crippen LogP contribution is -2.30. The van der Waals surface area contributed by atoms with Crippen molar-refractivity contribution in [1.82, 2.24) is 0 Å². The van der Waals surface area contributed by atoms with E-state index in [1.54, 1.807) is 0 Å². The van der Waals surface area contributed by atoms with Crippen LogP contribution < -0.4 is 0 Å². The van der Waals surface area contributed by atoms with Gasteiger partial charge in [0.1, 0.15) is 19.3 Å². The number of aliphatic hydroxyl groups excluding tert-OH is 1. The number of carbonyl (C=O) groups excluding carboxylic acids is 4. The molecule has 0 aromatic heterocycles. The summed E-state index contributed by atoms with van der Waals surface area (Å²) in [6.07, 6.45) is 49.7. The van der Waals surface area contributed by atoms with Crippen molar-refractivity contribution in [3.05, 3.63) is 0 Å². The highest BCUT2D eigenvalue weighted by atomic mass is 31.2. The van der Waals surface area contributed by atoms with Gasteiger partial charge >= 0.3 is 39.5 Å². The number of phosphoric ester groups is 2. The summed E-state index contributed by atoms with van der Waals surface area (Å²) in [6.45, 7) is 9.56. The summed E-state index contributed by atoms with van der Waals surface area (Å²) in [4.78, 5) is 72.7. The molecule has 0 aliphatic carbocycles. The van der Waals surface area contributed by atoms with Crippen molar-refractivity contribution in [3.63, 3.8) is 0 Å². The number of esters is 4. The maximum absolute atomic E-state index is 13.0. The summed E-state index contributed by atoms with van der Waals surface area (Å²) in [5, 5.41) is 10.6. The number of rotatable bonds is 71. The Labute approximate surface area is 556 Å². The molecule has 3 N–H and O–H groups in total. The van der Waals surface area contributed by atoms with Gasteiger partial charge in [-0.25, -0.2) is 9.13 Å². The summed E-state index contributed by atoms with van der Waals surface area (Å²) in [6, 6.07) is 0. The van der Waals surface area contributed by atoms with E-state index in [4.69, 9.17) is 37.0 Å². The molecule has 5 atom stereocenters. The molecule has 0 rings (SSSR count). The van der Waals surface area contributed by atoms with Crippen molar-refractivity contribution in [3.8, 4) is 0 Å². The smallest absolute Gasteiger partial charge is 0.462 e. The van der Waals surface area contributed by atoms with Gasteiger partial charge in [-0.05, 0) is 37.5 Å². The first-order valence-corrected chi connectivity index (χ1v) is 40.5. The molecule has 0 aromatic rings. The van der Waals surface area contributed by atoms with Crippen molar-refractivity contribution in [2.45, 2.75) is 387 Å². The van der Waals surface area contributed by atoms with E-state index in [0.717, 1.165) is 102 Å². The van der Waals surface area contributed by atoms with Gasteiger partial charge in [0.15, 0.2) is 12.2 Å². The number of carbonyl (C=O) groups is 4. The first-order chi connectivity index (χ1) is 43.9. The van der Waals surface area contributed by atoms with Gasteiger partial charge in [-0.3, -0.25) is 37.3 Å². The van der Waals surface area contributed by atoms with Gasteiger partial charge in [-0.1, -0.05) is 318 Å². The lowest BCUT2D eigenvalue weighted by Gasteiger charge is -2.21. The van der Waals surface area contributed by atoms with Crippen LogP contribution in [0.25, 0.3) is 0 Å². The predicted octanol–water partition coefficient (Wildman–Crippen LogP) is 20.8. The van der Waals surface area contributed by atoms with Gasteiger partial charge in [0.25, 0.3) is 0 Å². The second-order valence-electron chi connectivity index (χ2n) is 26.9. The minimum absolute atomic E-state index is 0.106. The van der Waals surface area contributed by atoms with E-state index < -0.39 is 97.5 Å². The average molecular weight is 1340 g/mol. The highest BCUT2D eigenvalue weighted by Gasteiger charge is 2.30. The number of hydrogen-bond donors (Lipinski definition) is 3. The van der Waals surface area contributed by atoms with Crippen LogP contribution in [0.4, 0.5) is 0 Å². The Kier molecular flexibility index (Phi) is 62.7. The lowest BCUT2D eigenvalue weighted by molar-refractivity contribution is -0.161. The first-order valence-electron chi connectivity index (χ1n) is 37.5. The fourth-order valence-corrected chi connectivity index (χ4v) is 12.5. The molecule has 0 radical (unpaired) electrons. The fourth-order valence-electron chi connectivity index (χ4n) is 10.9. The molecule has 91 heavy (non-hydrogen) atoms. The minimum atomic E-state index is -4.95. The highest BCUT2D eigenvalue weighted by molar-refractivity contribution is 7.47. The van der Waals surface area contributed by atoms with Crippen LogP contribution >= 0.6 is 15.6 Å². The van der Waals surface area contributed by atoms with Crippen LogP contribution in [-0.4, -0.2) is 96.7 Å². The third kappa shape index (κ3) is 66.5. The standard InChI is InChI=1S/C72H140O17P2/c1-7-9-11-13-15-17-19-23-30-36-42-48-54-69(74)82-60-67(88-71(76)56-50-44-38-32-24-20-18-16-14-12-10-8-2)62-86-90(78,79)84-58-66(73)59-85-91(80,81)87-63-68(61-83-70(75)55-49-43-37-31-27-26-29-35-41-47-53-65(5)6)89-72(77)57-51-45-39-33-25-21-22-28-34-40-46-52-64(3)4/h64-68,73H,7-63H2,1-6H3,(H,78,79)(H,80,81)/t66-,67+,68+/m0/s1. The molecule has 0 aliphatic rings. The molecular weight excluding hydrogens is 1200 g/mol. The molecule has 0 aromatic carbocycles. The Balaban J connectivity index is 5.26. The van der Waals surface area contributed by atoms with Gasteiger partial charge in [0.2, 0.25) is 0 Å². The molecule has 0 amide bonds. The van der Waals surface area contributed by atoms with Crippen LogP contribution in [0.2, 0.25) is 0 Å². The quantitative estimate of drug-likeness (QED) is 0.0222. The summed E-state index contributed by atoms with van der Waals surface area (Å²) in [5.41, 5.74) is 0. The molecular formula is C72H140O17P2. The van der Waals surface area contributed by atoms with E-state index in [2.05, 4.69) is 41.5 Å². The molecule has 19 heteroatoms. The van der Waals surface area contributed by atoms with Crippen LogP contribution in [-0.2, 0) is 65.4 Å². The van der Waals surface area contributed by atoms with E-state index in [1.807, 2.05) is 0 Å². The van der Waals surface area contributed by atoms with Crippen LogP contribution in [0.5, 0.6) is 0 Å². The summed E-state index contributed by atoms with van der Waals surface area (Å²) >= 11 is 0. The molecule has 17 nitrogen and oxygen atoms in total. The zero-order chi connectivity index (χ0) is 67.2. The molecule has 0 heterocycles. The molecule has 540 valence electrons. The monoisotopic (exact) mass is 1340 g/mol. The van der Waals surface area contributed by atoms with Crippen molar-refractivity contribution >= 4 is 39.5 Å². The SMILES string of the molecule is CCCCCCCCCCCCCCC(=O)OC[C@H](COP(=O)(O)OC[C@H](O)COP(=O)(O)OC[C@@H](COC(=O)CCCCCCCCCCCCC(C)C)OC(=O)CCCCCCCCCCCCCC(C)C)OC(=O)CCCCCCCCCCCCCC.